The van der Waals surface area contributed by atoms with Crippen molar-refractivity contribution in [2.24, 2.45) is 0 Å². The van der Waals surface area contributed by atoms with Gasteiger partial charge in [-0.05, 0) is 68.3 Å². The van der Waals surface area contributed by atoms with Crippen molar-refractivity contribution in [2.45, 2.75) is 0 Å². The van der Waals surface area contributed by atoms with Crippen molar-refractivity contribution in [3.63, 3.8) is 0 Å². The normalized spacial score (nSPS) is 9.71. The van der Waals surface area contributed by atoms with Gasteiger partial charge in [0, 0.05) is 14.6 Å². The zero-order valence-electron chi connectivity index (χ0n) is 8.74. The second-order valence-electron chi connectivity index (χ2n) is 3.41. The Hall–Kier alpha value is -1.31. The molecule has 0 aliphatic carbocycles. The third-order valence-corrected chi connectivity index (χ3v) is 3.57. The van der Waals surface area contributed by atoms with E-state index in [9.17, 15) is 0 Å². The number of para-hydroxylation sites is 1. The van der Waals surface area contributed by atoms with Crippen LogP contribution in [0.2, 0.25) is 0 Å². The van der Waals surface area contributed by atoms with E-state index in [1.54, 1.807) is 12.1 Å². The number of anilines is 2. The lowest BCUT2D eigenvalue weighted by molar-refractivity contribution is 1.46. The number of hydrogen-bond donors (Lipinski definition) is 1. The summed E-state index contributed by atoms with van der Waals surface area (Å²) >= 11 is 6.98. The molecule has 0 aromatic heterocycles. The van der Waals surface area contributed by atoms with E-state index in [0.29, 0.717) is 5.56 Å². The molecule has 17 heavy (non-hydrogen) atoms. The van der Waals surface area contributed by atoms with Crippen LogP contribution < -0.4 is 5.32 Å². The Morgan fingerprint density at radius 1 is 0.941 bits per heavy atom. The molecule has 0 aliphatic heterocycles. The van der Waals surface area contributed by atoms with E-state index in [1.807, 2.05) is 30.3 Å². The Kier molecular flexibility index (Phi) is 3.82. The lowest BCUT2D eigenvalue weighted by Gasteiger charge is -2.10. The number of nitrogens with zero attached hydrogens (tertiary/aromatic N) is 1. The molecule has 0 aliphatic rings. The van der Waals surface area contributed by atoms with Crippen LogP contribution in [0.25, 0.3) is 0 Å². The second-order valence-corrected chi connectivity index (χ2v) is 5.12. The minimum Gasteiger partial charge on any atom is -0.354 e. The van der Waals surface area contributed by atoms with E-state index in [-0.39, 0.29) is 0 Å². The highest BCUT2D eigenvalue weighted by Crippen LogP contribution is 2.32. The van der Waals surface area contributed by atoms with Crippen molar-refractivity contribution < 1.29 is 0 Å². The standard InChI is InChI=1S/C13H8Br2N2/c14-11-2-1-3-12(15)13(11)17-10-6-4-9(8-16)5-7-10/h1-7,17H. The lowest BCUT2D eigenvalue weighted by Crippen LogP contribution is -1.92. The summed E-state index contributed by atoms with van der Waals surface area (Å²) in [6.07, 6.45) is 0. The van der Waals surface area contributed by atoms with Crippen LogP contribution in [-0.2, 0) is 0 Å². The molecule has 2 aromatic carbocycles. The van der Waals surface area contributed by atoms with Crippen LogP contribution in [0.15, 0.2) is 51.4 Å². The Labute approximate surface area is 117 Å². The van der Waals surface area contributed by atoms with E-state index < -0.39 is 0 Å². The molecule has 84 valence electrons. The maximum absolute atomic E-state index is 8.72. The molecule has 0 atom stereocenters. The molecule has 0 unspecified atom stereocenters. The second kappa shape index (κ2) is 5.35. The fraction of sp³-hybridized carbons (Fsp3) is 0. The first-order chi connectivity index (χ1) is 8.20. The first-order valence-corrected chi connectivity index (χ1v) is 6.50. The van der Waals surface area contributed by atoms with Crippen LogP contribution in [0.1, 0.15) is 5.56 Å². The SMILES string of the molecule is N#Cc1ccc(Nc2c(Br)cccc2Br)cc1. The molecular formula is C13H8Br2N2. The summed E-state index contributed by atoms with van der Waals surface area (Å²) < 4.78 is 1.97. The first-order valence-electron chi connectivity index (χ1n) is 4.92. The Morgan fingerprint density at radius 2 is 1.53 bits per heavy atom. The van der Waals surface area contributed by atoms with Crippen LogP contribution >= 0.6 is 31.9 Å². The lowest BCUT2D eigenvalue weighted by atomic mass is 10.2. The summed E-state index contributed by atoms with van der Waals surface area (Å²) in [4.78, 5) is 0. The van der Waals surface area contributed by atoms with Crippen LogP contribution in [0.3, 0.4) is 0 Å². The highest BCUT2D eigenvalue weighted by Gasteiger charge is 2.04. The number of nitrogens with one attached hydrogen (secondary N) is 1. The van der Waals surface area contributed by atoms with Gasteiger partial charge in [-0.3, -0.25) is 0 Å². The first kappa shape index (κ1) is 12.2. The van der Waals surface area contributed by atoms with Crippen molar-refractivity contribution in [3.8, 4) is 6.07 Å². The topological polar surface area (TPSA) is 35.8 Å². The van der Waals surface area contributed by atoms with Crippen molar-refractivity contribution in [3.05, 3.63) is 57.0 Å². The van der Waals surface area contributed by atoms with Gasteiger partial charge in [0.15, 0.2) is 0 Å². The number of rotatable bonds is 2. The fourth-order valence-electron chi connectivity index (χ4n) is 1.39. The van der Waals surface area contributed by atoms with Gasteiger partial charge in [0.25, 0.3) is 0 Å². The predicted octanol–water partition coefficient (Wildman–Crippen LogP) is 4.83. The minimum atomic E-state index is 0.654. The molecular weight excluding hydrogens is 344 g/mol. The molecule has 0 bridgehead atoms. The molecule has 0 saturated heterocycles. The summed E-state index contributed by atoms with van der Waals surface area (Å²) in [6.45, 7) is 0. The van der Waals surface area contributed by atoms with Crippen LogP contribution in [-0.4, -0.2) is 0 Å². The monoisotopic (exact) mass is 350 g/mol. The number of halogens is 2. The van der Waals surface area contributed by atoms with Crippen molar-refractivity contribution in [1.82, 2.24) is 0 Å². The Balaban J connectivity index is 2.29. The van der Waals surface area contributed by atoms with Gasteiger partial charge < -0.3 is 5.32 Å². The van der Waals surface area contributed by atoms with Crippen molar-refractivity contribution >= 4 is 43.2 Å². The van der Waals surface area contributed by atoms with Gasteiger partial charge in [0.05, 0.1) is 17.3 Å². The predicted molar refractivity (Wildman–Crippen MR) is 76.3 cm³/mol. The molecule has 4 heteroatoms. The molecule has 1 N–H and O–H groups in total. The van der Waals surface area contributed by atoms with E-state index in [2.05, 4.69) is 43.2 Å². The molecule has 0 spiro atoms. The van der Waals surface area contributed by atoms with Crippen molar-refractivity contribution in [1.29, 1.82) is 5.26 Å². The Bertz CT molecular complexity index is 551. The summed E-state index contributed by atoms with van der Waals surface area (Å²) in [5.41, 5.74) is 2.57. The average molecular weight is 352 g/mol. The minimum absolute atomic E-state index is 0.654. The van der Waals surface area contributed by atoms with E-state index in [1.165, 1.54) is 0 Å². The largest absolute Gasteiger partial charge is 0.354 e. The average Bonchev–Trinajstić information content (AvgIpc) is 2.35. The van der Waals surface area contributed by atoms with Gasteiger partial charge in [-0.1, -0.05) is 6.07 Å². The summed E-state index contributed by atoms with van der Waals surface area (Å²) in [7, 11) is 0. The van der Waals surface area contributed by atoms with Gasteiger partial charge in [-0.2, -0.15) is 5.26 Å². The smallest absolute Gasteiger partial charge is 0.0991 e. The molecule has 0 heterocycles. The molecule has 2 aromatic rings. The maximum atomic E-state index is 8.72. The Morgan fingerprint density at radius 3 is 2.06 bits per heavy atom. The number of benzene rings is 2. The molecule has 2 nitrogen and oxygen atoms in total. The fourth-order valence-corrected chi connectivity index (χ4v) is 2.59. The molecule has 0 fully saturated rings. The molecule has 0 radical (unpaired) electrons. The van der Waals surface area contributed by atoms with Crippen LogP contribution in [0.4, 0.5) is 11.4 Å². The molecule has 2 rings (SSSR count). The quantitative estimate of drug-likeness (QED) is 0.841. The van der Waals surface area contributed by atoms with Gasteiger partial charge in [0.1, 0.15) is 0 Å². The van der Waals surface area contributed by atoms with Gasteiger partial charge in [-0.25, -0.2) is 0 Å². The van der Waals surface area contributed by atoms with E-state index in [4.69, 9.17) is 5.26 Å². The zero-order chi connectivity index (χ0) is 12.3. The molecule has 0 amide bonds. The van der Waals surface area contributed by atoms with E-state index >= 15 is 0 Å². The maximum Gasteiger partial charge on any atom is 0.0991 e. The van der Waals surface area contributed by atoms with Crippen LogP contribution in [0, 0.1) is 11.3 Å². The van der Waals surface area contributed by atoms with Crippen molar-refractivity contribution in [2.75, 3.05) is 5.32 Å². The highest BCUT2D eigenvalue weighted by atomic mass is 79.9. The number of hydrogen-bond acceptors (Lipinski definition) is 2. The van der Waals surface area contributed by atoms with Gasteiger partial charge >= 0.3 is 0 Å². The zero-order valence-corrected chi connectivity index (χ0v) is 11.9. The number of nitriles is 1. The van der Waals surface area contributed by atoms with Crippen LogP contribution in [0.5, 0.6) is 0 Å². The third-order valence-electron chi connectivity index (χ3n) is 2.25. The summed E-state index contributed by atoms with van der Waals surface area (Å²) in [6, 6.07) is 15.3. The third kappa shape index (κ3) is 2.87. The summed E-state index contributed by atoms with van der Waals surface area (Å²) in [5, 5.41) is 12.0. The van der Waals surface area contributed by atoms with E-state index in [0.717, 1.165) is 20.3 Å². The summed E-state index contributed by atoms with van der Waals surface area (Å²) in [5.74, 6) is 0. The highest BCUT2D eigenvalue weighted by molar-refractivity contribution is 9.11. The van der Waals surface area contributed by atoms with Gasteiger partial charge in [-0.15, -0.1) is 0 Å². The van der Waals surface area contributed by atoms with Gasteiger partial charge in [0.2, 0.25) is 0 Å². The molecule has 0 saturated carbocycles.